The minimum atomic E-state index is -0.233. The predicted molar refractivity (Wildman–Crippen MR) is 58.6 cm³/mol. The fourth-order valence-corrected chi connectivity index (χ4v) is 1.28. The molecular formula is C13H14FeO5. The maximum atomic E-state index is 11.4. The Morgan fingerprint density at radius 3 is 1.84 bits per heavy atom. The van der Waals surface area contributed by atoms with Crippen molar-refractivity contribution in [1.82, 2.24) is 0 Å². The van der Waals surface area contributed by atoms with Gasteiger partial charge in [-0.15, -0.1) is 0 Å². The molecule has 104 valence electrons. The molecule has 0 aromatic rings. The molecule has 1 aliphatic rings. The van der Waals surface area contributed by atoms with E-state index in [0.29, 0.717) is 5.92 Å². The van der Waals surface area contributed by atoms with E-state index in [4.69, 9.17) is 18.7 Å². The van der Waals surface area contributed by atoms with Crippen LogP contribution in [0.5, 0.6) is 0 Å². The van der Waals surface area contributed by atoms with Crippen LogP contribution in [-0.2, 0) is 40.6 Å². The minimum absolute atomic E-state index is 0. The molecule has 0 amide bonds. The molecule has 0 aliphatic heterocycles. The van der Waals surface area contributed by atoms with Gasteiger partial charge in [-0.05, 0) is 33.1 Å². The summed E-state index contributed by atoms with van der Waals surface area (Å²) in [6, 6.07) is 0. The molecule has 0 saturated heterocycles. The second kappa shape index (κ2) is 15.4. The summed E-state index contributed by atoms with van der Waals surface area (Å²) in [5.41, 5.74) is -0.233. The number of Topliss-reactive ketones (excluding diaryl/α,β-unsaturated/α-hetero) is 1. The molecule has 1 saturated carbocycles. The Bertz CT molecular complexity index is 281. The van der Waals surface area contributed by atoms with Gasteiger partial charge in [-0.1, -0.05) is 0 Å². The molecule has 1 aliphatic carbocycles. The predicted octanol–water partition coefficient (Wildman–Crippen LogP) is 1.31. The standard InChI is InChI=1S/C10H14O2.3CO.Fe/c1-7(2)5-9(11)8-6-10(8,3)12-4;3*1-2;/h5,8H,1-2,6H2,3-4H3;;;;. The number of rotatable bonds is 4. The average molecular weight is 306 g/mol. The van der Waals surface area contributed by atoms with Gasteiger partial charge in [0.15, 0.2) is 0 Å². The van der Waals surface area contributed by atoms with E-state index in [9.17, 15) is 4.79 Å². The molecule has 19 heavy (non-hydrogen) atoms. The number of hydrogen-bond acceptors (Lipinski definition) is 2. The van der Waals surface area contributed by atoms with Crippen molar-refractivity contribution in [3.05, 3.63) is 46.1 Å². The second-order valence-corrected chi connectivity index (χ2v) is 3.48. The third-order valence-electron chi connectivity index (χ3n) is 2.34. The molecule has 0 aromatic heterocycles. The Balaban J connectivity index is -0.000000142. The summed E-state index contributed by atoms with van der Waals surface area (Å²) >= 11 is 0. The molecule has 2 atom stereocenters. The van der Waals surface area contributed by atoms with E-state index >= 15 is 0 Å². The topological polar surface area (TPSA) is 86.0 Å². The third-order valence-corrected chi connectivity index (χ3v) is 2.34. The quantitative estimate of drug-likeness (QED) is 0.445. The van der Waals surface area contributed by atoms with Gasteiger partial charge in [0, 0.05) is 36.5 Å². The Labute approximate surface area is 125 Å². The molecule has 0 bridgehead atoms. The van der Waals surface area contributed by atoms with Gasteiger partial charge >= 0.3 is 33.9 Å². The number of hydrogen-bond donors (Lipinski definition) is 0. The first-order chi connectivity index (χ1) is 8.49. The summed E-state index contributed by atoms with van der Waals surface area (Å²) in [5, 5.41) is 0. The normalized spacial score (nSPS) is 21.7. The van der Waals surface area contributed by atoms with Crippen LogP contribution in [0.1, 0.15) is 13.3 Å². The maximum Gasteiger partial charge on any atom is 0.143 e. The third kappa shape index (κ3) is 10.9. The first-order valence-electron chi connectivity index (χ1n) is 4.55. The van der Waals surface area contributed by atoms with E-state index in [0.717, 1.165) is 6.42 Å². The van der Waals surface area contributed by atoms with Crippen molar-refractivity contribution in [3.63, 3.8) is 0 Å². The summed E-state index contributed by atoms with van der Waals surface area (Å²) in [6.07, 6.45) is 2.29. The van der Waals surface area contributed by atoms with Gasteiger partial charge in [-0.25, -0.2) is 0 Å². The van der Waals surface area contributed by atoms with E-state index in [2.05, 4.69) is 33.8 Å². The van der Waals surface area contributed by atoms with E-state index in [-0.39, 0.29) is 34.4 Å². The van der Waals surface area contributed by atoms with E-state index in [1.54, 1.807) is 7.11 Å². The van der Waals surface area contributed by atoms with Crippen molar-refractivity contribution >= 4 is 5.78 Å². The van der Waals surface area contributed by atoms with Crippen LogP contribution in [-0.4, -0.2) is 18.5 Å². The summed E-state index contributed by atoms with van der Waals surface area (Å²) in [5.74, 6) is 0.658. The van der Waals surface area contributed by atoms with Crippen LogP contribution in [0.4, 0.5) is 0 Å². The molecule has 0 spiro atoms. The number of ketones is 1. The summed E-state index contributed by atoms with van der Waals surface area (Å²) in [4.78, 5) is 11.4. The largest absolute Gasteiger partial charge is 0.378 e. The van der Waals surface area contributed by atoms with Crippen molar-refractivity contribution in [2.45, 2.75) is 18.9 Å². The van der Waals surface area contributed by atoms with Gasteiger partial charge in [-0.2, -0.15) is 0 Å². The monoisotopic (exact) mass is 306 g/mol. The van der Waals surface area contributed by atoms with Gasteiger partial charge in [0.25, 0.3) is 0 Å². The molecular weight excluding hydrogens is 292 g/mol. The molecule has 2 unspecified atom stereocenters. The molecule has 6 heteroatoms. The number of methoxy groups -OCH3 is 1. The SMILES string of the molecule is [C-]#[O+].[C-]#[O+].[C-]#[O+].[CH2][C]([CH2])[CH]C(=O)C1CC1(C)OC.[Fe]. The maximum absolute atomic E-state index is 11.4. The summed E-state index contributed by atoms with van der Waals surface area (Å²) in [7, 11) is 1.63. The van der Waals surface area contributed by atoms with Crippen molar-refractivity contribution < 1.29 is 40.6 Å². The molecule has 1 fully saturated rings. The zero-order valence-electron chi connectivity index (χ0n) is 10.7. The van der Waals surface area contributed by atoms with Crippen LogP contribution in [0.3, 0.4) is 0 Å². The smallest absolute Gasteiger partial charge is 0.143 e. The first-order valence-corrected chi connectivity index (χ1v) is 4.55. The Morgan fingerprint density at radius 2 is 1.63 bits per heavy atom. The summed E-state index contributed by atoms with van der Waals surface area (Å²) < 4.78 is 27.7. The zero-order valence-corrected chi connectivity index (χ0v) is 11.8. The molecule has 4 radical (unpaired) electrons. The van der Waals surface area contributed by atoms with Crippen LogP contribution in [0.25, 0.3) is 0 Å². The van der Waals surface area contributed by atoms with Gasteiger partial charge in [0.2, 0.25) is 0 Å². The first kappa shape index (κ1) is 26.8. The second-order valence-electron chi connectivity index (χ2n) is 3.48. The van der Waals surface area contributed by atoms with Crippen LogP contribution in [0, 0.1) is 52.1 Å². The fourth-order valence-electron chi connectivity index (χ4n) is 1.28. The number of carbonyl (C=O) groups is 1. The Morgan fingerprint density at radius 1 is 1.26 bits per heavy atom. The fraction of sp³-hybridized carbons (Fsp3) is 0.385. The van der Waals surface area contributed by atoms with Crippen molar-refractivity contribution in [1.29, 1.82) is 0 Å². The van der Waals surface area contributed by atoms with Crippen molar-refractivity contribution in [3.8, 4) is 0 Å². The summed E-state index contributed by atoms with van der Waals surface area (Å²) in [6.45, 7) is 22.5. The zero-order chi connectivity index (χ0) is 15.4. The number of carbonyl (C=O) groups excluding carboxylic acids is 1. The molecule has 5 nitrogen and oxygen atoms in total. The van der Waals surface area contributed by atoms with Crippen LogP contribution in [0.2, 0.25) is 0 Å². The van der Waals surface area contributed by atoms with Crippen molar-refractivity contribution in [2.75, 3.05) is 7.11 Å². The van der Waals surface area contributed by atoms with E-state index in [1.165, 1.54) is 6.42 Å². The number of ether oxygens (including phenoxy) is 1. The molecule has 1 rings (SSSR count). The van der Waals surface area contributed by atoms with Gasteiger partial charge in [0.05, 0.1) is 5.60 Å². The molecule has 0 N–H and O–H groups in total. The van der Waals surface area contributed by atoms with E-state index < -0.39 is 0 Å². The van der Waals surface area contributed by atoms with Crippen LogP contribution in [0.15, 0.2) is 0 Å². The average Bonchev–Trinajstić information content (AvgIpc) is 3.09. The van der Waals surface area contributed by atoms with E-state index in [1.807, 2.05) is 6.92 Å². The molecule has 0 aromatic carbocycles. The van der Waals surface area contributed by atoms with Crippen molar-refractivity contribution in [2.24, 2.45) is 5.92 Å². The van der Waals surface area contributed by atoms with Gasteiger partial charge < -0.3 is 4.74 Å². The van der Waals surface area contributed by atoms with Gasteiger partial charge in [0.1, 0.15) is 5.78 Å². The molecule has 0 heterocycles. The van der Waals surface area contributed by atoms with Crippen LogP contribution < -0.4 is 0 Å². The Kier molecular flexibility index (Phi) is 21.8. The Hall–Kier alpha value is -0.631. The minimum Gasteiger partial charge on any atom is -0.378 e. The van der Waals surface area contributed by atoms with Crippen LogP contribution >= 0.6 is 0 Å². The van der Waals surface area contributed by atoms with Gasteiger partial charge in [-0.3, -0.25) is 4.79 Å².